The summed E-state index contributed by atoms with van der Waals surface area (Å²) in [5, 5.41) is 26.7. The number of amides is 16. The van der Waals surface area contributed by atoms with Crippen molar-refractivity contribution in [2.24, 2.45) is 35.3 Å². The molecule has 4 heterocycles. The maximum absolute atomic E-state index is 15.0. The monoisotopic (exact) mass is 1820 g/mol. The Morgan fingerprint density at radius 2 is 1.14 bits per heavy atom. The van der Waals surface area contributed by atoms with E-state index < -0.39 is 192 Å². The van der Waals surface area contributed by atoms with Crippen LogP contribution in [0.1, 0.15) is 144 Å². The number of rotatable bonds is 57. The van der Waals surface area contributed by atoms with Gasteiger partial charge in [-0.1, -0.05) is 111 Å². The lowest BCUT2D eigenvalue weighted by molar-refractivity contribution is -0.148. The van der Waals surface area contributed by atoms with E-state index in [2.05, 4.69) is 53.2 Å². The van der Waals surface area contributed by atoms with Crippen LogP contribution in [0.3, 0.4) is 0 Å². The van der Waals surface area contributed by atoms with Gasteiger partial charge in [0.25, 0.3) is 11.8 Å². The molecule has 4 aliphatic rings. The average Bonchev–Trinajstić information content (AvgIpc) is 1.81. The summed E-state index contributed by atoms with van der Waals surface area (Å²) in [6.45, 7) is 17.4. The standard InChI is InChI=1S/C88H133N15O26/c1-14-55(8)76(66(121-12)50-72(109)102-36-19-23-65(102)77(122-13)56(9)78(110)97-63(48-57-20-16-15-17-21-57)80(112)96-62-32-40-128-86(62)118)100(10)84(116)74(53(4)5)99-83(115)75(54(6)7)101(11)88(120)129-51-58-24-26-59(27-25-58)92-79(111)60(22-18-34-91-87(89)119)95-82(114)73(52(2)3)98-81(113)64(49-69(106)93-61-31-39-127-85(61)117)94-68(105)33-38-123-42-44-125-46-47-126-45-43-124-41-35-90-67(104)30-37-103-70(107)28-29-71(103)108/h15-17,20-21,24-29,52-56,60-66,73-77H,14,18-19,22-23,30-51H2,1-13H3,(H,90,104)(H,92,111)(H,93,106)(H,94,105)(H,95,114)(H,96,112)(H,97,110)(H,98,113)(H,99,115)(H3,89,91,119)/t55-,56+,60-,61-,62-,63-,64-,65-,66+,73-,74-,75-,76?,77+/m0/s1. The van der Waals surface area contributed by atoms with E-state index in [0.717, 1.165) is 27.5 Å². The number of anilines is 1. The first kappa shape index (κ1) is 107. The lowest BCUT2D eigenvalue weighted by Crippen LogP contribution is -2.60. The number of esters is 2. The van der Waals surface area contributed by atoms with E-state index >= 15 is 4.79 Å². The SMILES string of the molecule is CC[C@H](C)C([C@@H](CC(=O)N1CCC[C@H]1[C@H](OC)[C@@H](C)C(=O)N[C@@H](Cc1ccccc1)C(=O)N[C@H]1CCOC1=O)OC)N(C)C(=O)[C@@H](NC(=O)[C@H](C(C)C)N(C)C(=O)OCc1ccc(NC(=O)[C@H](CCCNC(N)=O)NC(=O)[C@@H](NC(=O)[C@H](CC(=O)N[C@H]2CCOC2=O)NC(=O)CCOCCOCCOCCOCCNC(=O)CCN2C(=O)C=CC2=O)C(C)C)cc1)C(C)C. The molecule has 1 unspecified atom stereocenters. The normalized spacial score (nSPS) is 18.0. The van der Waals surface area contributed by atoms with Crippen LogP contribution in [-0.4, -0.2) is 314 Å². The number of benzene rings is 2. The third-order valence-electron chi connectivity index (χ3n) is 22.6. The molecule has 0 saturated carbocycles. The zero-order chi connectivity index (χ0) is 95.0. The fourth-order valence-corrected chi connectivity index (χ4v) is 15.3. The van der Waals surface area contributed by atoms with E-state index in [1.807, 2.05) is 44.2 Å². The lowest BCUT2D eigenvalue weighted by atomic mass is 9.89. The largest absolute Gasteiger partial charge is 0.464 e. The second-order valence-electron chi connectivity index (χ2n) is 33.2. The molecule has 4 aliphatic heterocycles. The second kappa shape index (κ2) is 54.9. The first-order valence-electron chi connectivity index (χ1n) is 44.0. The summed E-state index contributed by atoms with van der Waals surface area (Å²) >= 11 is 0. The Bertz CT molecular complexity index is 4100. The van der Waals surface area contributed by atoms with Crippen LogP contribution in [0.25, 0.3) is 0 Å². The van der Waals surface area contributed by atoms with E-state index in [9.17, 15) is 76.7 Å². The van der Waals surface area contributed by atoms with Crippen LogP contribution < -0.4 is 58.9 Å². The van der Waals surface area contributed by atoms with E-state index in [1.54, 1.807) is 72.5 Å². The molecule has 16 amide bonds. The summed E-state index contributed by atoms with van der Waals surface area (Å²) in [5.74, 6) is -11.8. The van der Waals surface area contributed by atoms with E-state index in [1.165, 1.54) is 38.3 Å². The van der Waals surface area contributed by atoms with Crippen LogP contribution in [0.15, 0.2) is 66.7 Å². The smallest absolute Gasteiger partial charge is 0.410 e. The molecule has 2 aromatic carbocycles. The fourth-order valence-electron chi connectivity index (χ4n) is 15.3. The van der Waals surface area contributed by atoms with Crippen molar-refractivity contribution in [3.8, 4) is 0 Å². The van der Waals surface area contributed by atoms with Crippen molar-refractivity contribution >= 4 is 107 Å². The Kier molecular flexibility index (Phi) is 45.3. The van der Waals surface area contributed by atoms with Crippen molar-refractivity contribution < 1.29 is 124 Å². The topological polar surface area (TPSA) is 533 Å². The molecule has 0 bridgehead atoms. The van der Waals surface area contributed by atoms with Gasteiger partial charge in [0, 0.05) is 104 Å². The number of carbonyl (C=O) groups is 17. The van der Waals surface area contributed by atoms with E-state index in [4.69, 9.17) is 48.4 Å². The van der Waals surface area contributed by atoms with Gasteiger partial charge < -0.3 is 111 Å². The number of likely N-dealkylation sites (N-methyl/N-ethyl adjacent to an activating group) is 2. The number of nitrogens with two attached hydrogens (primary N) is 1. The lowest BCUT2D eigenvalue weighted by Gasteiger charge is -2.41. The van der Waals surface area contributed by atoms with Crippen LogP contribution in [-0.2, 0) is 128 Å². The minimum absolute atomic E-state index is 0.00282. The fraction of sp³-hybridized carbons (Fsp3) is 0.648. The second-order valence-corrected chi connectivity index (χ2v) is 33.2. The first-order chi connectivity index (χ1) is 61.5. The Balaban J connectivity index is 1.00. The predicted molar refractivity (Wildman–Crippen MR) is 465 cm³/mol. The number of primary amides is 1. The van der Waals surface area contributed by atoms with Crippen LogP contribution in [0, 0.1) is 29.6 Å². The number of nitrogens with zero attached hydrogens (tertiary/aromatic N) is 4. The molecule has 2 aromatic rings. The Hall–Kier alpha value is -11.3. The van der Waals surface area contributed by atoms with Crippen LogP contribution in [0.4, 0.5) is 15.3 Å². The quantitative estimate of drug-likeness (QED) is 0.0188. The molecular weight excluding hydrogens is 1680 g/mol. The first-order valence-corrected chi connectivity index (χ1v) is 44.0. The van der Waals surface area contributed by atoms with Gasteiger partial charge in [-0.15, -0.1) is 0 Å². The third-order valence-corrected chi connectivity index (χ3v) is 22.6. The molecule has 12 N–H and O–H groups in total. The molecule has 0 aromatic heterocycles. The van der Waals surface area contributed by atoms with Gasteiger partial charge in [-0.05, 0) is 72.6 Å². The molecule has 129 heavy (non-hydrogen) atoms. The highest BCUT2D eigenvalue weighted by atomic mass is 16.6. The maximum atomic E-state index is 15.0. The van der Waals surface area contributed by atoms with Crippen molar-refractivity contribution in [3.05, 3.63) is 77.9 Å². The summed E-state index contributed by atoms with van der Waals surface area (Å²) in [4.78, 5) is 233. The van der Waals surface area contributed by atoms with Crippen molar-refractivity contribution in [2.45, 2.75) is 219 Å². The Morgan fingerprint density at radius 3 is 1.71 bits per heavy atom. The van der Waals surface area contributed by atoms with Crippen molar-refractivity contribution in [2.75, 3.05) is 126 Å². The molecule has 41 nitrogen and oxygen atoms in total. The number of urea groups is 1. The molecule has 716 valence electrons. The highest BCUT2D eigenvalue weighted by Crippen LogP contribution is 2.31. The van der Waals surface area contributed by atoms with Crippen LogP contribution in [0.5, 0.6) is 0 Å². The molecule has 41 heteroatoms. The molecular formula is C88H133N15O26. The highest BCUT2D eigenvalue weighted by Gasteiger charge is 2.45. The zero-order valence-electron chi connectivity index (χ0n) is 76.2. The molecule has 0 radical (unpaired) electrons. The molecule has 0 spiro atoms. The summed E-state index contributed by atoms with van der Waals surface area (Å²) in [7, 11) is 5.91. The van der Waals surface area contributed by atoms with Gasteiger partial charge in [-0.2, -0.15) is 0 Å². The van der Waals surface area contributed by atoms with Gasteiger partial charge in [-0.3, -0.25) is 72.1 Å². The summed E-state index contributed by atoms with van der Waals surface area (Å²) < 4.78 is 49.9. The number of cyclic esters (lactones) is 2. The van der Waals surface area contributed by atoms with E-state index in [-0.39, 0.29) is 161 Å². The summed E-state index contributed by atoms with van der Waals surface area (Å²) in [6, 6.07) is 3.61. The van der Waals surface area contributed by atoms with Gasteiger partial charge in [0.05, 0.1) is 109 Å². The number of imide groups is 1. The number of hydrogen-bond acceptors (Lipinski definition) is 26. The number of carbonyl (C=O) groups excluding carboxylic acids is 17. The zero-order valence-corrected chi connectivity index (χ0v) is 76.2. The van der Waals surface area contributed by atoms with Gasteiger partial charge in [0.2, 0.25) is 65.0 Å². The van der Waals surface area contributed by atoms with Gasteiger partial charge in [0.1, 0.15) is 54.9 Å². The van der Waals surface area contributed by atoms with Gasteiger partial charge in [0.15, 0.2) is 0 Å². The van der Waals surface area contributed by atoms with Crippen molar-refractivity contribution in [3.63, 3.8) is 0 Å². The molecule has 3 fully saturated rings. The third kappa shape index (κ3) is 34.6. The Morgan fingerprint density at radius 1 is 0.550 bits per heavy atom. The van der Waals surface area contributed by atoms with E-state index in [0.29, 0.717) is 37.8 Å². The van der Waals surface area contributed by atoms with Crippen molar-refractivity contribution in [1.82, 2.24) is 67.5 Å². The summed E-state index contributed by atoms with van der Waals surface area (Å²) in [6.07, 6.45) is 0.853. The highest BCUT2D eigenvalue weighted by molar-refractivity contribution is 6.13. The van der Waals surface area contributed by atoms with Crippen molar-refractivity contribution in [1.29, 1.82) is 0 Å². The molecule has 0 aliphatic carbocycles. The molecule has 6 rings (SSSR count). The number of likely N-dealkylation sites (tertiary alicyclic amines) is 1. The maximum Gasteiger partial charge on any atom is 0.410 e. The van der Waals surface area contributed by atoms with Crippen LogP contribution >= 0.6 is 0 Å². The van der Waals surface area contributed by atoms with Gasteiger partial charge >= 0.3 is 24.1 Å². The minimum Gasteiger partial charge on any atom is -0.464 e. The number of ether oxygens (including phenoxy) is 9. The number of nitrogens with one attached hydrogen (secondary N) is 10. The minimum atomic E-state index is -1.60. The molecule has 3 saturated heterocycles. The average molecular weight is 1820 g/mol. The molecule has 14 atom stereocenters. The number of hydrogen-bond donors (Lipinski definition) is 11. The number of methoxy groups -OCH3 is 2. The summed E-state index contributed by atoms with van der Waals surface area (Å²) in [5.41, 5.74) is 6.76. The predicted octanol–water partition coefficient (Wildman–Crippen LogP) is 0.707. The van der Waals surface area contributed by atoms with Gasteiger partial charge in [-0.25, -0.2) is 19.2 Å². The van der Waals surface area contributed by atoms with Crippen LogP contribution in [0.2, 0.25) is 0 Å². The Labute approximate surface area is 752 Å².